The Morgan fingerprint density at radius 3 is 0.933 bits per heavy atom. The fourth-order valence-electron chi connectivity index (χ4n) is 4.36. The smallest absolute Gasteiger partial charge is 0.549 e. The van der Waals surface area contributed by atoms with Crippen LogP contribution in [0.5, 0.6) is 23.0 Å². The van der Waals surface area contributed by atoms with Crippen LogP contribution in [0, 0.1) is 0 Å². The molecule has 2 aromatic rings. The van der Waals surface area contributed by atoms with E-state index in [0.29, 0.717) is 22.3 Å². The predicted octanol–water partition coefficient (Wildman–Crippen LogP) is 3.10. The van der Waals surface area contributed by atoms with Crippen LogP contribution in [0.15, 0.2) is 21.9 Å². The van der Waals surface area contributed by atoms with E-state index < -0.39 is 78.2 Å². The summed E-state index contributed by atoms with van der Waals surface area (Å²) in [5.74, 6) is -6.16. The van der Waals surface area contributed by atoms with Crippen LogP contribution in [0.2, 0.25) is 0 Å². The van der Waals surface area contributed by atoms with Gasteiger partial charge in [0.05, 0.1) is 54.8 Å². The normalized spacial score (nSPS) is 13.6. The molecule has 0 radical (unpaired) electrons. The van der Waals surface area contributed by atoms with Crippen LogP contribution in [0.4, 0.5) is 0 Å². The van der Waals surface area contributed by atoms with E-state index in [9.17, 15) is 48.6 Å². The number of benzene rings is 2. The Hall–Kier alpha value is -2.60. The van der Waals surface area contributed by atoms with E-state index in [1.165, 1.54) is 0 Å². The van der Waals surface area contributed by atoms with Gasteiger partial charge in [-0.3, -0.25) is 8.42 Å². The summed E-state index contributed by atoms with van der Waals surface area (Å²) in [7, 11) is -4.00. The van der Waals surface area contributed by atoms with Crippen molar-refractivity contribution >= 4 is 33.5 Å². The molecule has 254 valence electrons. The first kappa shape index (κ1) is 42.4. The number of carbonyl (C=O) groups is 2. The summed E-state index contributed by atoms with van der Waals surface area (Å²) in [6.45, 7) is 22.5. The van der Waals surface area contributed by atoms with Crippen molar-refractivity contribution in [1.29, 1.82) is 0 Å². The van der Waals surface area contributed by atoms with E-state index in [-0.39, 0.29) is 38.4 Å². The summed E-state index contributed by atoms with van der Waals surface area (Å²) in [6.07, 6.45) is 0. The molecule has 0 aliphatic rings. The third-order valence-corrected chi connectivity index (χ3v) is 9.37. The molecule has 0 bridgehead atoms. The van der Waals surface area contributed by atoms with Crippen molar-refractivity contribution in [2.24, 2.45) is 0 Å². The summed E-state index contributed by atoms with van der Waals surface area (Å²) in [6, 6.07) is 3.38. The Morgan fingerprint density at radius 1 is 0.533 bits per heavy atom. The van der Waals surface area contributed by atoms with Crippen molar-refractivity contribution < 1.29 is 65.7 Å². The quantitative estimate of drug-likeness (QED) is 0.256. The molecule has 2 atom stereocenters. The van der Waals surface area contributed by atoms with Crippen molar-refractivity contribution in [1.82, 2.24) is 0 Å². The van der Waals surface area contributed by atoms with Gasteiger partial charge in [-0.1, -0.05) is 83.1 Å². The Labute approximate surface area is 281 Å². The van der Waals surface area contributed by atoms with Gasteiger partial charge < -0.3 is 40.2 Å². The molecule has 0 amide bonds. The topological polar surface area (TPSA) is 195 Å². The first-order valence-corrected chi connectivity index (χ1v) is 16.5. The largest absolute Gasteiger partial charge is 2.00 e. The zero-order chi connectivity index (χ0) is 34.9. The van der Waals surface area contributed by atoms with Crippen LogP contribution in [0.3, 0.4) is 0 Å². The first-order chi connectivity index (χ1) is 19.5. The van der Waals surface area contributed by atoms with Gasteiger partial charge in [0.15, 0.2) is 23.0 Å². The van der Waals surface area contributed by atoms with Gasteiger partial charge in [0.25, 0.3) is 0 Å². The SMILES string of the molecule is CC(C)(C)c1cc(C(C)(C)C)c(S(=O)CC(=O)[O-])c(O)c1O.CC(C)(C)c1cc(C(C)(C)C)c(S(=O)CC(=O)[O-])c(O)c1O.[Fe+2]. The number of hydrogen-bond donors (Lipinski definition) is 4. The standard InChI is InChI=1S/2C16H24O5S.Fe/c2*1-15(2,3)9-7-10(16(4,5)6)14(13(20)12(9)19)22(21)8-11(17)18;/h2*7,19-20H,8H2,1-6H3,(H,17,18);/q;;+2/p-2. The Morgan fingerprint density at radius 2 is 0.756 bits per heavy atom. The molecule has 45 heavy (non-hydrogen) atoms. The molecule has 0 fully saturated rings. The minimum atomic E-state index is -2.00. The van der Waals surface area contributed by atoms with Gasteiger partial charge in [0.2, 0.25) is 0 Å². The zero-order valence-corrected chi connectivity index (χ0v) is 30.7. The average molecular weight is 711 g/mol. The number of aromatic hydroxyl groups is 4. The number of phenolic OH excluding ortho intramolecular Hbond substituents is 4. The van der Waals surface area contributed by atoms with E-state index in [1.54, 1.807) is 12.1 Å². The summed E-state index contributed by atoms with van der Waals surface area (Å²) in [4.78, 5) is 21.4. The number of phenols is 4. The van der Waals surface area contributed by atoms with E-state index in [0.717, 1.165) is 0 Å². The van der Waals surface area contributed by atoms with Gasteiger partial charge in [-0.25, -0.2) is 0 Å². The molecule has 2 rings (SSSR count). The van der Waals surface area contributed by atoms with Crippen molar-refractivity contribution in [2.75, 3.05) is 11.5 Å². The molecule has 2 aromatic carbocycles. The van der Waals surface area contributed by atoms with Crippen LogP contribution in [-0.4, -0.2) is 52.3 Å². The molecule has 0 heterocycles. The molecule has 0 spiro atoms. The fraction of sp³-hybridized carbons (Fsp3) is 0.562. The van der Waals surface area contributed by atoms with Crippen LogP contribution in [0.1, 0.15) is 105 Å². The summed E-state index contributed by atoms with van der Waals surface area (Å²) >= 11 is 0. The number of hydrogen-bond acceptors (Lipinski definition) is 10. The van der Waals surface area contributed by atoms with E-state index in [2.05, 4.69) is 0 Å². The molecule has 10 nitrogen and oxygen atoms in total. The maximum Gasteiger partial charge on any atom is 2.00 e. The second-order valence-electron chi connectivity index (χ2n) is 14.7. The molecular formula is C32H46FeO10S2. The maximum absolute atomic E-state index is 12.3. The Balaban J connectivity index is 0.000000842. The molecule has 0 saturated heterocycles. The molecule has 0 aliphatic heterocycles. The molecular weight excluding hydrogens is 664 g/mol. The van der Waals surface area contributed by atoms with Crippen molar-refractivity contribution in [2.45, 2.75) is 115 Å². The van der Waals surface area contributed by atoms with Gasteiger partial charge in [0.1, 0.15) is 0 Å². The van der Waals surface area contributed by atoms with Crippen LogP contribution in [-0.2, 0) is 69.9 Å². The van der Waals surface area contributed by atoms with E-state index >= 15 is 0 Å². The van der Waals surface area contributed by atoms with E-state index in [4.69, 9.17) is 0 Å². The number of carboxylic acid groups (broad SMARTS) is 2. The molecule has 0 saturated carbocycles. The molecule has 0 aromatic heterocycles. The minimum absolute atomic E-state index is 0. The first-order valence-electron chi connectivity index (χ1n) is 13.9. The van der Waals surface area contributed by atoms with Crippen molar-refractivity contribution in [3.8, 4) is 23.0 Å². The summed E-state index contributed by atoms with van der Waals surface area (Å²) in [5.41, 5.74) is 0.295. The number of rotatable bonds is 6. The van der Waals surface area contributed by atoms with Crippen LogP contribution >= 0.6 is 0 Å². The van der Waals surface area contributed by atoms with Crippen LogP contribution in [0.25, 0.3) is 0 Å². The average Bonchev–Trinajstić information content (AvgIpc) is 2.78. The monoisotopic (exact) mass is 710 g/mol. The molecule has 13 heteroatoms. The number of aliphatic carboxylic acids is 2. The van der Waals surface area contributed by atoms with Crippen molar-refractivity contribution in [3.63, 3.8) is 0 Å². The third-order valence-electron chi connectivity index (χ3n) is 6.64. The predicted molar refractivity (Wildman–Crippen MR) is 167 cm³/mol. The number of carbonyl (C=O) groups excluding carboxylic acids is 2. The minimum Gasteiger partial charge on any atom is -0.549 e. The van der Waals surface area contributed by atoms with E-state index in [1.807, 2.05) is 83.1 Å². The summed E-state index contributed by atoms with van der Waals surface area (Å²) < 4.78 is 24.6. The third kappa shape index (κ3) is 10.7. The second kappa shape index (κ2) is 14.9. The Bertz CT molecular complexity index is 1360. The fourth-order valence-corrected chi connectivity index (χ4v) is 6.92. The second-order valence-corrected chi connectivity index (χ2v) is 17.5. The summed E-state index contributed by atoms with van der Waals surface area (Å²) in [5, 5.41) is 62.5. The molecule has 2 unspecified atom stereocenters. The van der Waals surface area contributed by atoms with Crippen LogP contribution < -0.4 is 10.2 Å². The number of carboxylic acids is 2. The van der Waals surface area contributed by atoms with Gasteiger partial charge in [-0.15, -0.1) is 0 Å². The van der Waals surface area contributed by atoms with Gasteiger partial charge in [-0.05, 0) is 44.9 Å². The van der Waals surface area contributed by atoms with Gasteiger partial charge in [0, 0.05) is 11.1 Å². The van der Waals surface area contributed by atoms with Gasteiger partial charge in [-0.2, -0.15) is 0 Å². The molecule has 4 N–H and O–H groups in total. The zero-order valence-electron chi connectivity index (χ0n) is 28.0. The molecule has 0 aliphatic carbocycles. The Kier molecular flexibility index (Phi) is 14.0. The maximum atomic E-state index is 12.3. The van der Waals surface area contributed by atoms with Crippen molar-refractivity contribution in [3.05, 3.63) is 34.4 Å². The van der Waals surface area contributed by atoms with Gasteiger partial charge >= 0.3 is 17.1 Å².